The highest BCUT2D eigenvalue weighted by Crippen LogP contribution is 2.35. The first-order chi connectivity index (χ1) is 15.8. The van der Waals surface area contributed by atoms with Crippen molar-refractivity contribution >= 4 is 32.4 Å². The highest BCUT2D eigenvalue weighted by molar-refractivity contribution is 7.22. The minimum absolute atomic E-state index is 0.787. The number of thiazole rings is 1. The molecule has 158 valence electrons. The summed E-state index contributed by atoms with van der Waals surface area (Å²) in [6.07, 6.45) is 3.73. The number of H-pyrrole nitrogens is 1. The number of aromatic amines is 1. The number of para-hydroxylation sites is 1. The van der Waals surface area contributed by atoms with Crippen LogP contribution in [0.25, 0.3) is 21.3 Å². The summed E-state index contributed by atoms with van der Waals surface area (Å²) >= 11 is 1.77. The van der Waals surface area contributed by atoms with Crippen LogP contribution in [0.4, 0.5) is 10.8 Å². The van der Waals surface area contributed by atoms with Crippen molar-refractivity contribution in [3.63, 3.8) is 0 Å². The van der Waals surface area contributed by atoms with Crippen LogP contribution < -0.4 is 9.80 Å². The Morgan fingerprint density at radius 1 is 0.906 bits per heavy atom. The summed E-state index contributed by atoms with van der Waals surface area (Å²) in [6.45, 7) is 3.46. The summed E-state index contributed by atoms with van der Waals surface area (Å²) in [5.74, 6) is 0. The summed E-state index contributed by atoms with van der Waals surface area (Å²) in [7, 11) is 0. The van der Waals surface area contributed by atoms with Crippen molar-refractivity contribution in [1.82, 2.24) is 15.0 Å². The van der Waals surface area contributed by atoms with E-state index in [0.717, 1.165) is 42.5 Å². The molecule has 1 N–H and O–H groups in total. The first kappa shape index (κ1) is 19.1. The van der Waals surface area contributed by atoms with E-state index in [9.17, 15) is 0 Å². The topological polar surface area (TPSA) is 48.1 Å². The third-order valence-corrected chi connectivity index (χ3v) is 7.09. The fourth-order valence-electron chi connectivity index (χ4n) is 4.37. The quantitative estimate of drug-likeness (QED) is 0.391. The van der Waals surface area contributed by atoms with Crippen molar-refractivity contribution in [2.45, 2.75) is 13.1 Å². The van der Waals surface area contributed by atoms with Crippen molar-refractivity contribution in [1.29, 1.82) is 0 Å². The standard InChI is InChI=1S/C26H23N5S/c1-2-6-19(7-3-1)20-10-11-24-21(14-20)16-31(13-12-30(24)17-22-15-27-18-28-22)26-29-23-8-4-5-9-25(23)32-26/h1-11,14-15,18H,12-13,16-17H2,(H,27,28). The van der Waals surface area contributed by atoms with Gasteiger partial charge < -0.3 is 14.8 Å². The molecule has 1 aliphatic rings. The van der Waals surface area contributed by atoms with Crippen molar-refractivity contribution < 1.29 is 0 Å². The number of nitrogens with zero attached hydrogens (tertiary/aromatic N) is 4. The van der Waals surface area contributed by atoms with E-state index in [2.05, 4.69) is 92.6 Å². The van der Waals surface area contributed by atoms with E-state index in [1.54, 1.807) is 17.7 Å². The fourth-order valence-corrected chi connectivity index (χ4v) is 5.36. The molecule has 0 aliphatic carbocycles. The van der Waals surface area contributed by atoms with Crippen molar-refractivity contribution in [3.05, 3.63) is 96.6 Å². The molecule has 0 amide bonds. The highest BCUT2D eigenvalue weighted by Gasteiger charge is 2.23. The van der Waals surface area contributed by atoms with Crippen molar-refractivity contribution in [3.8, 4) is 11.1 Å². The van der Waals surface area contributed by atoms with Gasteiger partial charge in [0.05, 0.1) is 28.8 Å². The number of imidazole rings is 1. The lowest BCUT2D eigenvalue weighted by Gasteiger charge is -2.24. The molecule has 32 heavy (non-hydrogen) atoms. The molecule has 6 rings (SSSR count). The van der Waals surface area contributed by atoms with Crippen LogP contribution in [-0.2, 0) is 13.1 Å². The molecule has 5 aromatic rings. The Morgan fingerprint density at radius 3 is 2.62 bits per heavy atom. The average molecular weight is 438 g/mol. The number of hydrogen-bond acceptors (Lipinski definition) is 5. The summed E-state index contributed by atoms with van der Waals surface area (Å²) in [6, 6.07) is 25.8. The lowest BCUT2D eigenvalue weighted by atomic mass is 10.0. The molecule has 6 heteroatoms. The van der Waals surface area contributed by atoms with Crippen LogP contribution >= 0.6 is 11.3 Å². The minimum Gasteiger partial charge on any atom is -0.364 e. The molecule has 0 spiro atoms. The van der Waals surface area contributed by atoms with Gasteiger partial charge in [-0.05, 0) is 41.0 Å². The van der Waals surface area contributed by atoms with Crippen molar-refractivity contribution in [2.24, 2.45) is 0 Å². The second-order valence-corrected chi connectivity index (χ2v) is 9.09. The van der Waals surface area contributed by atoms with Gasteiger partial charge in [-0.15, -0.1) is 0 Å². The number of rotatable bonds is 4. The van der Waals surface area contributed by atoms with Crippen molar-refractivity contribution in [2.75, 3.05) is 22.9 Å². The molecule has 0 radical (unpaired) electrons. The first-order valence-electron chi connectivity index (χ1n) is 10.8. The predicted molar refractivity (Wildman–Crippen MR) is 132 cm³/mol. The number of aromatic nitrogens is 3. The second kappa shape index (κ2) is 8.13. The van der Waals surface area contributed by atoms with Gasteiger partial charge in [-0.1, -0.05) is 59.9 Å². The van der Waals surface area contributed by atoms with E-state index in [4.69, 9.17) is 4.98 Å². The third kappa shape index (κ3) is 3.63. The van der Waals surface area contributed by atoms with E-state index >= 15 is 0 Å². The zero-order valence-corrected chi connectivity index (χ0v) is 18.4. The molecular formula is C26H23N5S. The van der Waals surface area contributed by atoms with Gasteiger partial charge >= 0.3 is 0 Å². The van der Waals surface area contributed by atoms with Crippen LogP contribution in [0.5, 0.6) is 0 Å². The van der Waals surface area contributed by atoms with E-state index < -0.39 is 0 Å². The fraction of sp³-hybridized carbons (Fsp3) is 0.154. The molecule has 0 unspecified atom stereocenters. The summed E-state index contributed by atoms with van der Waals surface area (Å²) in [4.78, 5) is 17.3. The maximum atomic E-state index is 4.94. The van der Waals surface area contributed by atoms with Crippen LogP contribution in [0.1, 0.15) is 11.3 Å². The Balaban J connectivity index is 1.40. The van der Waals surface area contributed by atoms with Crippen LogP contribution in [0.2, 0.25) is 0 Å². The summed E-state index contributed by atoms with van der Waals surface area (Å²) in [5, 5.41) is 1.09. The number of anilines is 2. The molecule has 0 fully saturated rings. The average Bonchev–Trinajstić information content (AvgIpc) is 3.47. The van der Waals surface area contributed by atoms with E-state index in [-0.39, 0.29) is 0 Å². The van der Waals surface area contributed by atoms with Gasteiger partial charge in [0.15, 0.2) is 5.13 Å². The van der Waals surface area contributed by atoms with Crippen LogP contribution in [0.3, 0.4) is 0 Å². The van der Waals surface area contributed by atoms with Crippen LogP contribution in [0.15, 0.2) is 85.3 Å². The number of fused-ring (bicyclic) bond motifs is 2. The molecule has 3 aromatic carbocycles. The van der Waals surface area contributed by atoms with E-state index in [0.29, 0.717) is 0 Å². The monoisotopic (exact) mass is 437 g/mol. The molecule has 5 nitrogen and oxygen atoms in total. The Morgan fingerprint density at radius 2 is 1.78 bits per heavy atom. The second-order valence-electron chi connectivity index (χ2n) is 8.08. The smallest absolute Gasteiger partial charge is 0.186 e. The minimum atomic E-state index is 0.787. The van der Waals surface area contributed by atoms with Gasteiger partial charge in [-0.3, -0.25) is 0 Å². The maximum Gasteiger partial charge on any atom is 0.186 e. The Kier molecular flexibility index (Phi) is 4.85. The maximum absolute atomic E-state index is 4.94. The molecule has 3 heterocycles. The normalized spacial score (nSPS) is 13.9. The number of hydrogen-bond donors (Lipinski definition) is 1. The number of benzene rings is 3. The lowest BCUT2D eigenvalue weighted by Crippen LogP contribution is -2.31. The molecular weight excluding hydrogens is 414 g/mol. The predicted octanol–water partition coefficient (Wildman–Crippen LogP) is 5.71. The molecule has 0 saturated heterocycles. The van der Waals surface area contributed by atoms with E-state index in [1.807, 2.05) is 6.20 Å². The lowest BCUT2D eigenvalue weighted by molar-refractivity contribution is 0.749. The van der Waals surface area contributed by atoms with Gasteiger partial charge in [-0.2, -0.15) is 0 Å². The molecule has 0 bridgehead atoms. The van der Waals surface area contributed by atoms with Gasteiger partial charge in [-0.25, -0.2) is 9.97 Å². The SMILES string of the molecule is c1ccc(-c2ccc3c(c2)CN(c2nc4ccccc4s2)CCN3Cc2c[nH]cn2)cc1. The largest absolute Gasteiger partial charge is 0.364 e. The Hall–Kier alpha value is -3.64. The summed E-state index contributed by atoms with van der Waals surface area (Å²) < 4.78 is 1.23. The van der Waals surface area contributed by atoms with Crippen LogP contribution in [0, 0.1) is 0 Å². The van der Waals surface area contributed by atoms with Gasteiger partial charge in [0.2, 0.25) is 0 Å². The molecule has 1 aliphatic heterocycles. The first-order valence-corrected chi connectivity index (χ1v) is 11.7. The summed E-state index contributed by atoms with van der Waals surface area (Å²) in [5.41, 5.74) is 7.20. The molecule has 0 atom stereocenters. The Labute approximate surface area is 191 Å². The zero-order valence-electron chi connectivity index (χ0n) is 17.6. The number of nitrogens with one attached hydrogen (secondary N) is 1. The van der Waals surface area contributed by atoms with E-state index in [1.165, 1.54) is 27.1 Å². The van der Waals surface area contributed by atoms with Gasteiger partial charge in [0.1, 0.15) is 0 Å². The third-order valence-electron chi connectivity index (χ3n) is 5.99. The Bertz CT molecular complexity index is 1310. The van der Waals surface area contributed by atoms with Crippen LogP contribution in [-0.4, -0.2) is 28.0 Å². The van der Waals surface area contributed by atoms with Gasteiger partial charge in [0.25, 0.3) is 0 Å². The zero-order chi connectivity index (χ0) is 21.3. The highest BCUT2D eigenvalue weighted by atomic mass is 32.1. The molecule has 2 aromatic heterocycles. The van der Waals surface area contributed by atoms with Gasteiger partial charge in [0, 0.05) is 31.5 Å². The molecule has 0 saturated carbocycles.